The Kier molecular flexibility index (Phi) is 3.35. The van der Waals surface area contributed by atoms with Crippen molar-refractivity contribution in [1.29, 1.82) is 0 Å². The maximum Gasteiger partial charge on any atom is 0.362 e. The van der Waals surface area contributed by atoms with Crippen molar-refractivity contribution < 1.29 is 22.2 Å². The molecule has 0 saturated heterocycles. The molecule has 0 unspecified atom stereocenters. The summed E-state index contributed by atoms with van der Waals surface area (Å²) in [5, 5.41) is 3.87. The van der Waals surface area contributed by atoms with Crippen LogP contribution in [0.25, 0.3) is 11.3 Å². The van der Waals surface area contributed by atoms with Crippen LogP contribution in [0.3, 0.4) is 0 Å². The van der Waals surface area contributed by atoms with Gasteiger partial charge in [0.05, 0.1) is 16.5 Å². The average molecular weight is 270 g/mol. The largest absolute Gasteiger partial charge is 0.362 e. The van der Waals surface area contributed by atoms with Crippen LogP contribution in [0.4, 0.5) is 0 Å². The highest BCUT2D eigenvalue weighted by Crippen LogP contribution is 2.24. The number of aromatic nitrogens is 1. The fraction of sp³-hybridized carbons (Fsp3) is 0.182. The van der Waals surface area contributed by atoms with Crippen LogP contribution >= 0.6 is 0 Å². The van der Waals surface area contributed by atoms with Gasteiger partial charge in [0.1, 0.15) is 11.4 Å². The summed E-state index contributed by atoms with van der Waals surface area (Å²) in [6.45, 7) is 2.20. The van der Waals surface area contributed by atoms with Crippen LogP contribution < -0.4 is 4.89 Å². The Bertz CT molecular complexity index is 647. The van der Waals surface area contributed by atoms with E-state index in [4.69, 9.17) is 9.44 Å². The Morgan fingerprint density at radius 3 is 2.83 bits per heavy atom. The van der Waals surface area contributed by atoms with Crippen molar-refractivity contribution in [2.75, 3.05) is 6.61 Å². The highest BCUT2D eigenvalue weighted by atomic mass is 32.2. The highest BCUT2D eigenvalue weighted by molar-refractivity contribution is 7.85. The molecule has 7 heteroatoms. The number of rotatable bonds is 4. The number of nitrogens with zero attached hydrogens (tertiary/aromatic N) is 1. The molecule has 2 rings (SSSR count). The third kappa shape index (κ3) is 2.52. The Morgan fingerprint density at radius 1 is 1.39 bits per heavy atom. The third-order valence-electron chi connectivity index (χ3n) is 2.22. The minimum Gasteiger partial charge on any atom is -0.282 e. The Balaban J connectivity index is 2.48. The summed E-state index contributed by atoms with van der Waals surface area (Å²) >= 11 is 0. The minimum absolute atomic E-state index is 0.176. The summed E-state index contributed by atoms with van der Waals surface area (Å²) in [4.78, 5) is 4.99. The molecule has 0 atom stereocenters. The molecule has 2 aromatic rings. The van der Waals surface area contributed by atoms with Crippen LogP contribution in [0, 0.1) is 0 Å². The Morgan fingerprint density at radius 2 is 2.17 bits per heavy atom. The lowest BCUT2D eigenvalue weighted by atomic mass is 10.2. The third-order valence-corrected chi connectivity index (χ3v) is 3.07. The van der Waals surface area contributed by atoms with Gasteiger partial charge in [-0.2, -0.15) is 17.6 Å². The van der Waals surface area contributed by atoms with Crippen LogP contribution in [0.5, 0.6) is 0 Å². The molecule has 0 fully saturated rings. The summed E-state index contributed by atoms with van der Waals surface area (Å²) in [7, 11) is -4.22. The normalized spacial score (nSPS) is 11.4. The van der Waals surface area contributed by atoms with Crippen molar-refractivity contribution >= 4 is 10.1 Å². The molecule has 1 N–H and O–H groups in total. The highest BCUT2D eigenvalue weighted by Gasteiger charge is 2.19. The van der Waals surface area contributed by atoms with Crippen molar-refractivity contribution in [3.63, 3.8) is 0 Å². The van der Waals surface area contributed by atoms with Crippen molar-refractivity contribution in [1.82, 2.24) is 5.16 Å². The molecule has 0 radical (unpaired) electrons. The van der Waals surface area contributed by atoms with Gasteiger partial charge in [0, 0.05) is 0 Å². The number of benzene rings is 1. The first-order valence-corrected chi connectivity index (χ1v) is 6.66. The van der Waals surface area contributed by atoms with E-state index in [9.17, 15) is 8.42 Å². The Hall–Kier alpha value is -1.86. The molecule has 0 spiro atoms. The first kappa shape index (κ1) is 12.6. The predicted octanol–water partition coefficient (Wildman–Crippen LogP) is 1.72. The molecule has 0 aliphatic carbocycles. The summed E-state index contributed by atoms with van der Waals surface area (Å²) in [6, 6.07) is 7.53. The van der Waals surface area contributed by atoms with Gasteiger partial charge in [-0.15, -0.1) is 0 Å². The molecule has 0 amide bonds. The van der Waals surface area contributed by atoms with E-state index < -0.39 is 10.1 Å². The number of hydrogen-bond donors (Lipinski definition) is 1. The zero-order valence-electron chi connectivity index (χ0n) is 9.61. The standard InChI is InChI=1S/C11H11NO5S/c1-2-16-17-11(6-7-12-17)9-4-3-5-10(8-9)18(13,14)15/h3-8H,2H2,1H3/p+1. The van der Waals surface area contributed by atoms with Crippen LogP contribution in [0.2, 0.25) is 0 Å². The molecule has 0 saturated carbocycles. The van der Waals surface area contributed by atoms with Crippen molar-refractivity contribution in [3.8, 4) is 11.3 Å². The number of hydrogen-bond acceptors (Lipinski definition) is 4. The summed E-state index contributed by atoms with van der Waals surface area (Å²) < 4.78 is 33.3. The summed E-state index contributed by atoms with van der Waals surface area (Å²) in [6.07, 6.45) is 1.51. The maximum absolute atomic E-state index is 11.1. The van der Waals surface area contributed by atoms with Crippen molar-refractivity contribution in [2.24, 2.45) is 0 Å². The molecular formula is C11H12NO5S+. The smallest absolute Gasteiger partial charge is 0.282 e. The van der Waals surface area contributed by atoms with Crippen molar-refractivity contribution in [2.45, 2.75) is 11.8 Å². The van der Waals surface area contributed by atoms with Gasteiger partial charge in [-0.05, 0) is 25.1 Å². The van der Waals surface area contributed by atoms with Gasteiger partial charge in [0.2, 0.25) is 0 Å². The maximum atomic E-state index is 11.1. The zero-order valence-corrected chi connectivity index (χ0v) is 10.4. The lowest BCUT2D eigenvalue weighted by Gasteiger charge is -2.00. The van der Waals surface area contributed by atoms with Crippen LogP contribution in [-0.4, -0.2) is 24.7 Å². The van der Waals surface area contributed by atoms with E-state index in [2.05, 4.69) is 9.46 Å². The molecule has 18 heavy (non-hydrogen) atoms. The SMILES string of the molecule is CCO[o+]1nccc1-c1cccc(S(=O)(=O)O)c1. The van der Waals surface area contributed by atoms with E-state index in [1.165, 1.54) is 24.4 Å². The van der Waals surface area contributed by atoms with E-state index in [-0.39, 0.29) is 4.90 Å². The van der Waals surface area contributed by atoms with E-state index in [1.54, 1.807) is 19.1 Å². The van der Waals surface area contributed by atoms with Gasteiger partial charge in [0.25, 0.3) is 10.1 Å². The van der Waals surface area contributed by atoms with E-state index in [0.717, 1.165) is 0 Å². The second-order valence-electron chi connectivity index (χ2n) is 3.44. The quantitative estimate of drug-likeness (QED) is 0.520. The Labute approximate surface area is 104 Å². The fourth-order valence-electron chi connectivity index (χ4n) is 1.48. The van der Waals surface area contributed by atoms with Crippen LogP contribution in [-0.2, 0) is 10.1 Å². The molecule has 0 bridgehead atoms. The first-order chi connectivity index (χ1) is 8.52. The van der Waals surface area contributed by atoms with Gasteiger partial charge in [0.15, 0.2) is 6.61 Å². The van der Waals surface area contributed by atoms with Gasteiger partial charge >= 0.3 is 5.76 Å². The fourth-order valence-corrected chi connectivity index (χ4v) is 2.01. The molecule has 1 heterocycles. The van der Waals surface area contributed by atoms with E-state index >= 15 is 0 Å². The zero-order chi connectivity index (χ0) is 13.2. The molecule has 96 valence electrons. The lowest BCUT2D eigenvalue weighted by Crippen LogP contribution is -2.01. The predicted molar refractivity (Wildman–Crippen MR) is 63.5 cm³/mol. The van der Waals surface area contributed by atoms with Crippen LogP contribution in [0.1, 0.15) is 6.92 Å². The summed E-state index contributed by atoms with van der Waals surface area (Å²) in [5.74, 6) is 0.530. The monoisotopic (exact) mass is 270 g/mol. The van der Waals surface area contributed by atoms with E-state index in [0.29, 0.717) is 17.9 Å². The van der Waals surface area contributed by atoms with Gasteiger partial charge in [-0.3, -0.25) is 4.55 Å². The molecular weight excluding hydrogens is 258 g/mol. The average Bonchev–Trinajstić information content (AvgIpc) is 2.77. The molecule has 1 aromatic carbocycles. The topological polar surface area (TPSA) is 79.2 Å². The lowest BCUT2D eigenvalue weighted by molar-refractivity contribution is -0.290. The van der Waals surface area contributed by atoms with Gasteiger partial charge < -0.3 is 0 Å². The minimum atomic E-state index is -4.22. The molecule has 0 aliphatic heterocycles. The molecule has 6 nitrogen and oxygen atoms in total. The second kappa shape index (κ2) is 4.79. The summed E-state index contributed by atoms with van der Waals surface area (Å²) in [5.41, 5.74) is 0.557. The van der Waals surface area contributed by atoms with E-state index in [1.807, 2.05) is 0 Å². The van der Waals surface area contributed by atoms with Gasteiger partial charge in [-0.1, -0.05) is 6.07 Å². The second-order valence-corrected chi connectivity index (χ2v) is 4.87. The molecule has 0 aliphatic rings. The van der Waals surface area contributed by atoms with Gasteiger partial charge in [-0.25, -0.2) is 0 Å². The first-order valence-electron chi connectivity index (χ1n) is 5.22. The van der Waals surface area contributed by atoms with Crippen LogP contribution in [0.15, 0.2) is 45.7 Å². The molecule has 1 aromatic heterocycles. The van der Waals surface area contributed by atoms with Crippen molar-refractivity contribution in [3.05, 3.63) is 36.5 Å².